The molecule has 0 radical (unpaired) electrons. The first kappa shape index (κ1) is 23.8. The first-order valence-electron chi connectivity index (χ1n) is 11.2. The zero-order valence-electron chi connectivity index (χ0n) is 18.9. The fourth-order valence-electron chi connectivity index (χ4n) is 3.98. The number of methoxy groups -OCH3 is 1. The molecule has 0 aliphatic heterocycles. The van der Waals surface area contributed by atoms with E-state index in [-0.39, 0.29) is 11.6 Å². The third-order valence-electron chi connectivity index (χ3n) is 5.80. The normalized spacial score (nSPS) is 11.3. The number of benzene rings is 3. The van der Waals surface area contributed by atoms with Crippen molar-refractivity contribution in [2.45, 2.75) is 38.9 Å². The summed E-state index contributed by atoms with van der Waals surface area (Å²) >= 11 is 0. The smallest absolute Gasteiger partial charge is 0.387 e. The quantitative estimate of drug-likeness (QED) is 0.261. The molecule has 0 amide bonds. The Labute approximate surface area is 197 Å². The molecule has 3 nitrogen and oxygen atoms in total. The lowest BCUT2D eigenvalue weighted by Gasteiger charge is -2.10. The van der Waals surface area contributed by atoms with Crippen LogP contribution < -0.4 is 4.74 Å². The summed E-state index contributed by atoms with van der Waals surface area (Å²) < 4.78 is 49.2. The van der Waals surface area contributed by atoms with Gasteiger partial charge in [0, 0.05) is 24.4 Å². The SMILES string of the molecule is COCc1ccc(CCc2ccc3c(F)c(CCc4ccc(OC(F)F)cc4)ccc3c2)nc1. The summed E-state index contributed by atoms with van der Waals surface area (Å²) in [5.74, 6) is -0.0950. The van der Waals surface area contributed by atoms with Gasteiger partial charge in [-0.05, 0) is 71.5 Å². The maximum atomic E-state index is 15.1. The number of ether oxygens (including phenoxy) is 2. The van der Waals surface area contributed by atoms with Crippen LogP contribution in [0.2, 0.25) is 0 Å². The highest BCUT2D eigenvalue weighted by molar-refractivity contribution is 5.84. The van der Waals surface area contributed by atoms with Crippen molar-refractivity contribution in [2.24, 2.45) is 0 Å². The third kappa shape index (κ3) is 6.14. The summed E-state index contributed by atoms with van der Waals surface area (Å²) in [6, 6.07) is 20.1. The van der Waals surface area contributed by atoms with Crippen LogP contribution in [0.15, 0.2) is 72.9 Å². The lowest BCUT2D eigenvalue weighted by atomic mass is 9.98. The zero-order valence-corrected chi connectivity index (χ0v) is 18.9. The molecule has 0 spiro atoms. The van der Waals surface area contributed by atoms with Gasteiger partial charge in [0.1, 0.15) is 11.6 Å². The number of hydrogen-bond donors (Lipinski definition) is 0. The summed E-state index contributed by atoms with van der Waals surface area (Å²) in [7, 11) is 1.66. The molecule has 4 rings (SSSR count). The molecule has 0 fully saturated rings. The standard InChI is InChI=1S/C28H26F3NO2/c1-33-18-21-4-12-24(32-17-21)11-3-20-7-15-26-23(16-20)10-9-22(27(26)29)8-2-19-5-13-25(14-6-19)34-28(30)31/h4-7,9-10,12-17,28H,2-3,8,11,18H2,1H3. The molecule has 0 aliphatic carbocycles. The average molecular weight is 466 g/mol. The second-order valence-corrected chi connectivity index (χ2v) is 8.21. The van der Waals surface area contributed by atoms with Crippen LogP contribution in [0.4, 0.5) is 13.2 Å². The average Bonchev–Trinajstić information content (AvgIpc) is 2.84. The number of pyridine rings is 1. The molecule has 0 aliphatic rings. The van der Waals surface area contributed by atoms with Gasteiger partial charge >= 0.3 is 6.61 Å². The number of rotatable bonds is 10. The molecule has 0 saturated heterocycles. The van der Waals surface area contributed by atoms with Gasteiger partial charge in [-0.3, -0.25) is 4.98 Å². The number of hydrogen-bond acceptors (Lipinski definition) is 3. The van der Waals surface area contributed by atoms with Crippen molar-refractivity contribution >= 4 is 10.8 Å². The van der Waals surface area contributed by atoms with E-state index in [4.69, 9.17) is 4.74 Å². The highest BCUT2D eigenvalue weighted by Gasteiger charge is 2.10. The number of alkyl halides is 2. The number of nitrogens with zero attached hydrogens (tertiary/aromatic N) is 1. The van der Waals surface area contributed by atoms with Crippen molar-refractivity contribution < 1.29 is 22.6 Å². The lowest BCUT2D eigenvalue weighted by Crippen LogP contribution is -2.02. The minimum Gasteiger partial charge on any atom is -0.435 e. The minimum absolute atomic E-state index is 0.116. The minimum atomic E-state index is -2.85. The van der Waals surface area contributed by atoms with Gasteiger partial charge in [0.25, 0.3) is 0 Å². The second kappa shape index (κ2) is 11.2. The number of fused-ring (bicyclic) bond motifs is 1. The van der Waals surface area contributed by atoms with E-state index in [1.807, 2.05) is 48.7 Å². The van der Waals surface area contributed by atoms with Gasteiger partial charge in [-0.25, -0.2) is 4.39 Å². The van der Waals surface area contributed by atoms with Crippen LogP contribution >= 0.6 is 0 Å². The van der Waals surface area contributed by atoms with Crippen molar-refractivity contribution in [3.63, 3.8) is 0 Å². The Morgan fingerprint density at radius 1 is 0.794 bits per heavy atom. The Balaban J connectivity index is 1.39. The summed E-state index contributed by atoms with van der Waals surface area (Å²) in [6.45, 7) is -2.30. The molecule has 6 heteroatoms. The monoisotopic (exact) mass is 465 g/mol. The van der Waals surface area contributed by atoms with E-state index < -0.39 is 6.61 Å². The molecule has 0 unspecified atom stereocenters. The van der Waals surface area contributed by atoms with Crippen molar-refractivity contribution in [1.82, 2.24) is 4.98 Å². The van der Waals surface area contributed by atoms with Gasteiger partial charge in [-0.15, -0.1) is 0 Å². The molecule has 0 saturated carbocycles. The Kier molecular flexibility index (Phi) is 7.80. The van der Waals surface area contributed by atoms with Gasteiger partial charge in [0.2, 0.25) is 0 Å². The van der Waals surface area contributed by atoms with Crippen LogP contribution in [-0.2, 0) is 37.0 Å². The van der Waals surface area contributed by atoms with Crippen LogP contribution in [0.3, 0.4) is 0 Å². The van der Waals surface area contributed by atoms with Crippen molar-refractivity contribution in [1.29, 1.82) is 0 Å². The molecule has 1 aromatic heterocycles. The Hall–Kier alpha value is -3.38. The predicted octanol–water partition coefficient (Wildman–Crippen LogP) is 6.69. The number of aromatic nitrogens is 1. The Morgan fingerprint density at radius 2 is 1.53 bits per heavy atom. The van der Waals surface area contributed by atoms with E-state index in [1.165, 1.54) is 12.1 Å². The van der Waals surface area contributed by atoms with Crippen molar-refractivity contribution in [3.05, 3.63) is 107 Å². The van der Waals surface area contributed by atoms with E-state index in [9.17, 15) is 8.78 Å². The first-order valence-corrected chi connectivity index (χ1v) is 11.2. The molecule has 0 bridgehead atoms. The third-order valence-corrected chi connectivity index (χ3v) is 5.80. The van der Waals surface area contributed by atoms with Gasteiger partial charge < -0.3 is 9.47 Å². The maximum absolute atomic E-state index is 15.1. The second-order valence-electron chi connectivity index (χ2n) is 8.21. The van der Waals surface area contributed by atoms with Crippen molar-refractivity contribution in [3.8, 4) is 5.75 Å². The Morgan fingerprint density at radius 3 is 2.24 bits per heavy atom. The molecule has 176 valence electrons. The largest absolute Gasteiger partial charge is 0.435 e. The summed E-state index contributed by atoms with van der Waals surface area (Å²) in [6.07, 6.45) is 4.58. The summed E-state index contributed by atoms with van der Waals surface area (Å²) in [4.78, 5) is 4.48. The van der Waals surface area contributed by atoms with Crippen LogP contribution in [0.25, 0.3) is 10.8 Å². The van der Waals surface area contributed by atoms with Gasteiger partial charge in [-0.2, -0.15) is 8.78 Å². The highest BCUT2D eigenvalue weighted by atomic mass is 19.3. The fraction of sp³-hybridized carbons (Fsp3) is 0.250. The molecule has 0 atom stereocenters. The molecule has 4 aromatic rings. The number of aryl methyl sites for hydroxylation is 4. The molecule has 1 heterocycles. The maximum Gasteiger partial charge on any atom is 0.387 e. The summed E-state index contributed by atoms with van der Waals surface area (Å²) in [5, 5.41) is 1.47. The van der Waals surface area contributed by atoms with Crippen LogP contribution in [0.1, 0.15) is 27.9 Å². The van der Waals surface area contributed by atoms with Crippen LogP contribution in [-0.4, -0.2) is 18.7 Å². The van der Waals surface area contributed by atoms with E-state index >= 15 is 4.39 Å². The highest BCUT2D eigenvalue weighted by Crippen LogP contribution is 2.25. The van der Waals surface area contributed by atoms with E-state index in [0.717, 1.165) is 40.6 Å². The molecular formula is C28H26F3NO2. The van der Waals surface area contributed by atoms with Crippen LogP contribution in [0, 0.1) is 5.82 Å². The Bertz CT molecular complexity index is 1230. The van der Waals surface area contributed by atoms with Gasteiger partial charge in [-0.1, -0.05) is 48.5 Å². The van der Waals surface area contributed by atoms with Gasteiger partial charge in [0.15, 0.2) is 0 Å². The lowest BCUT2D eigenvalue weighted by molar-refractivity contribution is -0.0498. The topological polar surface area (TPSA) is 31.4 Å². The zero-order chi connectivity index (χ0) is 23.9. The first-order chi connectivity index (χ1) is 16.5. The molecule has 34 heavy (non-hydrogen) atoms. The fourth-order valence-corrected chi connectivity index (χ4v) is 3.98. The van der Waals surface area contributed by atoms with Crippen molar-refractivity contribution in [2.75, 3.05) is 7.11 Å². The van der Waals surface area contributed by atoms with E-state index in [2.05, 4.69) is 9.72 Å². The van der Waals surface area contributed by atoms with Crippen LogP contribution in [0.5, 0.6) is 5.75 Å². The number of halogens is 3. The summed E-state index contributed by atoms with van der Waals surface area (Å²) in [5.41, 5.74) is 4.75. The van der Waals surface area contributed by atoms with E-state index in [1.54, 1.807) is 19.2 Å². The van der Waals surface area contributed by atoms with Gasteiger partial charge in [0.05, 0.1) is 6.61 Å². The van der Waals surface area contributed by atoms with E-state index in [0.29, 0.717) is 30.4 Å². The predicted molar refractivity (Wildman–Crippen MR) is 127 cm³/mol. The molecule has 3 aromatic carbocycles. The molecule has 0 N–H and O–H groups in total. The molecular weight excluding hydrogens is 439 g/mol.